The quantitative estimate of drug-likeness (QED) is 0.633. The molecule has 1 unspecified atom stereocenters. The van der Waals surface area contributed by atoms with E-state index in [2.05, 4.69) is 5.32 Å². The minimum absolute atomic E-state index is 0.0940. The lowest BCUT2D eigenvalue weighted by Crippen LogP contribution is -2.42. The maximum Gasteiger partial charge on any atom is 0.328 e. The van der Waals surface area contributed by atoms with E-state index in [1.54, 1.807) is 24.4 Å². The van der Waals surface area contributed by atoms with Crippen LogP contribution in [0.2, 0.25) is 0 Å². The summed E-state index contributed by atoms with van der Waals surface area (Å²) < 4.78 is 1.46. The number of nitrogens with zero attached hydrogens (tertiary/aromatic N) is 2. The summed E-state index contributed by atoms with van der Waals surface area (Å²) in [6.45, 7) is 1.12. The van der Waals surface area contributed by atoms with Crippen molar-refractivity contribution in [3.8, 4) is 0 Å². The number of carbonyl (C=O) groups excluding carboxylic acids is 1. The van der Waals surface area contributed by atoms with E-state index >= 15 is 0 Å². The second-order valence-corrected chi connectivity index (χ2v) is 4.53. The Morgan fingerprint density at radius 1 is 1.43 bits per heavy atom. The molecule has 2 N–H and O–H groups in total. The zero-order chi connectivity index (χ0) is 15.6. The van der Waals surface area contributed by atoms with E-state index in [-0.39, 0.29) is 12.2 Å². The van der Waals surface area contributed by atoms with Gasteiger partial charge in [0, 0.05) is 24.6 Å². The first kappa shape index (κ1) is 14.5. The van der Waals surface area contributed by atoms with E-state index in [0.717, 1.165) is 0 Å². The first-order valence-electron chi connectivity index (χ1n) is 6.12. The molecule has 1 heterocycles. The summed E-state index contributed by atoms with van der Waals surface area (Å²) in [6, 6.07) is 5.13. The van der Waals surface area contributed by atoms with E-state index in [9.17, 15) is 19.7 Å². The minimum atomic E-state index is -1.20. The van der Waals surface area contributed by atoms with Crippen molar-refractivity contribution >= 4 is 28.5 Å². The molecule has 0 aliphatic heterocycles. The molecule has 2 aromatic rings. The number of para-hydroxylation sites is 1. The fourth-order valence-corrected chi connectivity index (χ4v) is 2.17. The molecule has 1 aromatic carbocycles. The highest BCUT2D eigenvalue weighted by Gasteiger charge is 2.22. The van der Waals surface area contributed by atoms with Gasteiger partial charge in [0.05, 0.1) is 11.5 Å². The van der Waals surface area contributed by atoms with Crippen molar-refractivity contribution in [3.05, 3.63) is 40.6 Å². The highest BCUT2D eigenvalue weighted by atomic mass is 16.6. The maximum absolute atomic E-state index is 11.2. The summed E-state index contributed by atoms with van der Waals surface area (Å²) in [5, 5.41) is 23.1. The van der Waals surface area contributed by atoms with Gasteiger partial charge >= 0.3 is 5.97 Å². The lowest BCUT2D eigenvalue weighted by Gasteiger charge is -2.14. The number of benzene rings is 1. The van der Waals surface area contributed by atoms with Gasteiger partial charge in [-0.05, 0) is 6.07 Å². The Morgan fingerprint density at radius 2 is 2.14 bits per heavy atom. The molecule has 2 rings (SSSR count). The molecule has 0 fully saturated rings. The van der Waals surface area contributed by atoms with Gasteiger partial charge in [0.1, 0.15) is 11.6 Å². The van der Waals surface area contributed by atoms with Gasteiger partial charge in [0.2, 0.25) is 5.91 Å². The van der Waals surface area contributed by atoms with E-state index in [1.165, 1.54) is 17.6 Å². The summed E-state index contributed by atoms with van der Waals surface area (Å²) in [5.74, 6) is -1.68. The van der Waals surface area contributed by atoms with Crippen LogP contribution in [-0.4, -0.2) is 32.5 Å². The Morgan fingerprint density at radius 3 is 2.71 bits per heavy atom. The first-order valence-corrected chi connectivity index (χ1v) is 6.12. The highest BCUT2D eigenvalue weighted by molar-refractivity contribution is 5.89. The van der Waals surface area contributed by atoms with Gasteiger partial charge < -0.3 is 15.0 Å². The van der Waals surface area contributed by atoms with Gasteiger partial charge in [-0.25, -0.2) is 4.79 Å². The van der Waals surface area contributed by atoms with Crippen LogP contribution < -0.4 is 5.32 Å². The molecule has 1 aromatic heterocycles. The monoisotopic (exact) mass is 291 g/mol. The molecule has 8 heteroatoms. The molecule has 1 amide bonds. The van der Waals surface area contributed by atoms with Crippen LogP contribution in [0.25, 0.3) is 10.9 Å². The zero-order valence-corrected chi connectivity index (χ0v) is 11.1. The van der Waals surface area contributed by atoms with Gasteiger partial charge in [-0.15, -0.1) is 0 Å². The third kappa shape index (κ3) is 2.99. The number of nitro groups is 1. The van der Waals surface area contributed by atoms with Crippen molar-refractivity contribution in [1.82, 2.24) is 9.88 Å². The molecule has 0 spiro atoms. The van der Waals surface area contributed by atoms with Crippen molar-refractivity contribution in [1.29, 1.82) is 0 Å². The number of aromatic nitrogens is 1. The van der Waals surface area contributed by atoms with Crippen LogP contribution in [0.15, 0.2) is 30.5 Å². The Bertz CT molecular complexity index is 722. The number of nitro benzene ring substituents is 1. The minimum Gasteiger partial charge on any atom is -0.480 e. The smallest absolute Gasteiger partial charge is 0.328 e. The normalized spacial score (nSPS) is 12.0. The number of amides is 1. The van der Waals surface area contributed by atoms with Crippen molar-refractivity contribution < 1.29 is 19.6 Å². The molecule has 1 atom stereocenters. The van der Waals surface area contributed by atoms with Crippen LogP contribution in [0.4, 0.5) is 5.69 Å². The first-order chi connectivity index (χ1) is 9.90. The van der Waals surface area contributed by atoms with Gasteiger partial charge in [0.15, 0.2) is 0 Å². The average Bonchev–Trinajstić information content (AvgIpc) is 2.80. The molecular formula is C13H13N3O5. The summed E-state index contributed by atoms with van der Waals surface area (Å²) in [6.07, 6.45) is 1.56. The Hall–Kier alpha value is -2.90. The predicted octanol–water partition coefficient (Wildman–Crippen LogP) is 1.14. The number of rotatable bonds is 5. The van der Waals surface area contributed by atoms with Crippen molar-refractivity contribution in [2.24, 2.45) is 0 Å². The fourth-order valence-electron chi connectivity index (χ4n) is 2.17. The van der Waals surface area contributed by atoms with Crippen LogP contribution in [0.3, 0.4) is 0 Å². The molecule has 0 aliphatic rings. The summed E-state index contributed by atoms with van der Waals surface area (Å²) in [4.78, 5) is 32.7. The molecule has 0 saturated heterocycles. The molecule has 0 aliphatic carbocycles. The number of fused-ring (bicyclic) bond motifs is 1. The van der Waals surface area contributed by atoms with Crippen LogP contribution in [-0.2, 0) is 16.1 Å². The largest absolute Gasteiger partial charge is 0.480 e. The lowest BCUT2D eigenvalue weighted by atomic mass is 10.2. The molecule has 8 nitrogen and oxygen atoms in total. The van der Waals surface area contributed by atoms with Gasteiger partial charge in [-0.3, -0.25) is 14.9 Å². The second-order valence-electron chi connectivity index (χ2n) is 4.53. The van der Waals surface area contributed by atoms with Crippen molar-refractivity contribution in [3.63, 3.8) is 0 Å². The van der Waals surface area contributed by atoms with Crippen molar-refractivity contribution in [2.75, 3.05) is 0 Å². The van der Waals surface area contributed by atoms with E-state index in [4.69, 9.17) is 5.11 Å². The van der Waals surface area contributed by atoms with Gasteiger partial charge in [0.25, 0.3) is 5.69 Å². The fraction of sp³-hybridized carbons (Fsp3) is 0.231. The van der Waals surface area contributed by atoms with E-state index < -0.39 is 22.8 Å². The van der Waals surface area contributed by atoms with E-state index in [1.807, 2.05) is 0 Å². The van der Waals surface area contributed by atoms with Crippen LogP contribution >= 0.6 is 0 Å². The highest BCUT2D eigenvalue weighted by Crippen LogP contribution is 2.26. The number of nitrogens with one attached hydrogen (secondary N) is 1. The molecule has 0 bridgehead atoms. The zero-order valence-electron chi connectivity index (χ0n) is 11.1. The third-order valence-electron chi connectivity index (χ3n) is 3.02. The average molecular weight is 291 g/mol. The van der Waals surface area contributed by atoms with Crippen molar-refractivity contribution in [2.45, 2.75) is 19.5 Å². The number of carbonyl (C=O) groups is 2. The molecule has 21 heavy (non-hydrogen) atoms. The number of carboxylic acids is 1. The number of carboxylic acid groups (broad SMARTS) is 1. The number of aliphatic carboxylic acids is 1. The number of hydrogen-bond acceptors (Lipinski definition) is 4. The van der Waals surface area contributed by atoms with Gasteiger partial charge in [-0.2, -0.15) is 0 Å². The maximum atomic E-state index is 11.2. The Labute approximate surface area is 119 Å². The van der Waals surface area contributed by atoms with Crippen LogP contribution in [0.1, 0.15) is 6.92 Å². The predicted molar refractivity (Wildman–Crippen MR) is 73.8 cm³/mol. The van der Waals surface area contributed by atoms with Crippen LogP contribution in [0, 0.1) is 10.1 Å². The SMILES string of the molecule is CC(=O)NC(Cn1ccc2cccc([N+](=O)[O-])c21)C(=O)O. The Balaban J connectivity index is 2.44. The molecule has 110 valence electrons. The van der Waals surface area contributed by atoms with Crippen LogP contribution in [0.5, 0.6) is 0 Å². The third-order valence-corrected chi connectivity index (χ3v) is 3.02. The summed E-state index contributed by atoms with van der Waals surface area (Å²) >= 11 is 0. The summed E-state index contributed by atoms with van der Waals surface area (Å²) in [5.41, 5.74) is 0.226. The summed E-state index contributed by atoms with van der Waals surface area (Å²) in [7, 11) is 0. The number of non-ortho nitro benzene ring substituents is 1. The molecule has 0 radical (unpaired) electrons. The molecule has 0 saturated carbocycles. The van der Waals surface area contributed by atoms with Gasteiger partial charge in [-0.1, -0.05) is 12.1 Å². The topological polar surface area (TPSA) is 114 Å². The second kappa shape index (κ2) is 5.61. The lowest BCUT2D eigenvalue weighted by molar-refractivity contribution is -0.383. The Kier molecular flexibility index (Phi) is 3.88. The molecular weight excluding hydrogens is 278 g/mol. The van der Waals surface area contributed by atoms with E-state index in [0.29, 0.717) is 10.9 Å². The standard InChI is InChI=1S/C13H13N3O5/c1-8(17)14-10(13(18)19)7-15-6-5-9-3-2-4-11(12(9)15)16(20)21/h2-6,10H,7H2,1H3,(H,14,17)(H,18,19). The number of hydrogen-bond donors (Lipinski definition) is 2.